The summed E-state index contributed by atoms with van der Waals surface area (Å²) >= 11 is 1.11. The zero-order chi connectivity index (χ0) is 22.6. The van der Waals surface area contributed by atoms with Gasteiger partial charge in [-0.3, -0.25) is 9.52 Å². The number of piperazine rings is 1. The van der Waals surface area contributed by atoms with Crippen molar-refractivity contribution in [2.45, 2.75) is 17.7 Å². The summed E-state index contributed by atoms with van der Waals surface area (Å²) in [6.07, 6.45) is 2.96. The third-order valence-corrected chi connectivity index (χ3v) is 7.95. The maximum Gasteiger partial charge on any atom is 0.271 e. The number of sulfonamides is 1. The highest BCUT2D eigenvalue weighted by atomic mass is 32.2. The normalized spacial score (nSPS) is 14.3. The van der Waals surface area contributed by atoms with Crippen molar-refractivity contribution in [3.63, 3.8) is 0 Å². The maximum absolute atomic E-state index is 12.7. The van der Waals surface area contributed by atoms with Gasteiger partial charge < -0.3 is 15.1 Å². The lowest BCUT2D eigenvalue weighted by atomic mass is 10.2. The Bertz CT molecular complexity index is 1160. The van der Waals surface area contributed by atoms with Crippen molar-refractivity contribution in [3.8, 4) is 0 Å². The van der Waals surface area contributed by atoms with Gasteiger partial charge in [0.15, 0.2) is 0 Å². The number of nitrogens with zero attached hydrogens (tertiary/aromatic N) is 4. The Hall–Kier alpha value is -3.18. The molecule has 4 rings (SSSR count). The van der Waals surface area contributed by atoms with Crippen LogP contribution in [0.25, 0.3) is 0 Å². The van der Waals surface area contributed by atoms with Gasteiger partial charge in [0.1, 0.15) is 4.21 Å². The summed E-state index contributed by atoms with van der Waals surface area (Å²) in [6.45, 7) is 5.00. The predicted molar refractivity (Wildman–Crippen MR) is 126 cm³/mol. The van der Waals surface area contributed by atoms with E-state index in [2.05, 4.69) is 41.9 Å². The maximum atomic E-state index is 12.7. The lowest BCUT2D eigenvalue weighted by Gasteiger charge is -2.36. The number of para-hydroxylation sites is 1. The molecule has 168 valence electrons. The summed E-state index contributed by atoms with van der Waals surface area (Å²) in [5.41, 5.74) is 1.50. The van der Waals surface area contributed by atoms with Crippen LogP contribution in [0.1, 0.15) is 11.8 Å². The van der Waals surface area contributed by atoms with Crippen molar-refractivity contribution in [1.82, 2.24) is 15.3 Å². The first kappa shape index (κ1) is 22.0. The number of hydrogen-bond acceptors (Lipinski definition) is 8. The van der Waals surface area contributed by atoms with Crippen LogP contribution in [0.4, 0.5) is 17.3 Å². The topological polar surface area (TPSA) is 108 Å². The molecule has 1 aliphatic heterocycles. The zero-order valence-electron chi connectivity index (χ0n) is 17.6. The molecule has 0 unspecified atom stereocenters. The molecule has 11 heteroatoms. The molecule has 0 aliphatic carbocycles. The number of anilines is 3. The third-order valence-electron chi connectivity index (χ3n) is 4.99. The highest BCUT2D eigenvalue weighted by Crippen LogP contribution is 2.24. The zero-order valence-corrected chi connectivity index (χ0v) is 19.2. The van der Waals surface area contributed by atoms with Gasteiger partial charge in [-0.2, -0.15) is 0 Å². The fraction of sp³-hybridized carbons (Fsp3) is 0.286. The van der Waals surface area contributed by atoms with Crippen LogP contribution in [0.15, 0.2) is 59.1 Å². The molecule has 1 saturated heterocycles. The minimum Gasteiger partial charge on any atom is -0.368 e. The van der Waals surface area contributed by atoms with Gasteiger partial charge in [-0.1, -0.05) is 18.2 Å². The molecular weight excluding hydrogens is 448 g/mol. The number of nitrogens with one attached hydrogen (secondary N) is 2. The predicted octanol–water partition coefficient (Wildman–Crippen LogP) is 2.30. The van der Waals surface area contributed by atoms with Crippen molar-refractivity contribution >= 4 is 44.6 Å². The molecule has 1 amide bonds. The molecule has 32 heavy (non-hydrogen) atoms. The van der Waals surface area contributed by atoms with Gasteiger partial charge in [0.05, 0.1) is 24.6 Å². The summed E-state index contributed by atoms with van der Waals surface area (Å²) < 4.78 is 28.0. The van der Waals surface area contributed by atoms with Crippen LogP contribution in [0, 0.1) is 0 Å². The van der Waals surface area contributed by atoms with Gasteiger partial charge in [-0.05, 0) is 24.3 Å². The van der Waals surface area contributed by atoms with Crippen molar-refractivity contribution < 1.29 is 13.2 Å². The summed E-state index contributed by atoms with van der Waals surface area (Å²) in [5, 5.41) is 2.65. The number of hydrogen-bond donors (Lipinski definition) is 2. The van der Waals surface area contributed by atoms with Crippen LogP contribution < -0.4 is 19.8 Å². The largest absolute Gasteiger partial charge is 0.368 e. The quantitative estimate of drug-likeness (QED) is 0.543. The third kappa shape index (κ3) is 5.35. The van der Waals surface area contributed by atoms with Crippen LogP contribution in [-0.4, -0.2) is 50.5 Å². The molecule has 0 radical (unpaired) electrons. The van der Waals surface area contributed by atoms with Gasteiger partial charge >= 0.3 is 0 Å². The molecule has 1 fully saturated rings. The fourth-order valence-corrected chi connectivity index (χ4v) is 5.68. The summed E-state index contributed by atoms with van der Waals surface area (Å²) in [4.78, 5) is 24.9. The van der Waals surface area contributed by atoms with E-state index in [1.807, 2.05) is 18.2 Å². The van der Waals surface area contributed by atoms with E-state index < -0.39 is 10.0 Å². The second-order valence-corrected chi connectivity index (χ2v) is 10.4. The minimum absolute atomic E-state index is 0.166. The van der Waals surface area contributed by atoms with Gasteiger partial charge in [0.2, 0.25) is 11.9 Å². The van der Waals surface area contributed by atoms with Gasteiger partial charge in [-0.15, -0.1) is 11.3 Å². The van der Waals surface area contributed by atoms with Crippen molar-refractivity contribution in [2.24, 2.45) is 0 Å². The Balaban J connectivity index is 1.35. The Morgan fingerprint density at radius 2 is 1.66 bits per heavy atom. The van der Waals surface area contributed by atoms with Crippen LogP contribution >= 0.6 is 11.3 Å². The van der Waals surface area contributed by atoms with Crippen LogP contribution in [-0.2, 0) is 21.4 Å². The number of thiophene rings is 1. The van der Waals surface area contributed by atoms with Crippen molar-refractivity contribution in [3.05, 3.63) is 59.7 Å². The SMILES string of the molecule is CC(=O)NCc1ccc(S(=O)(=O)Nc2cnc(N3CCN(c4ccccc4)CC3)nc2)s1. The van der Waals surface area contributed by atoms with E-state index in [1.165, 1.54) is 31.1 Å². The van der Waals surface area contributed by atoms with E-state index in [9.17, 15) is 13.2 Å². The Labute approximate surface area is 191 Å². The van der Waals surface area contributed by atoms with Crippen LogP contribution in [0.5, 0.6) is 0 Å². The molecule has 0 bridgehead atoms. The second-order valence-electron chi connectivity index (χ2n) is 7.32. The van der Waals surface area contributed by atoms with Crippen LogP contribution in [0.3, 0.4) is 0 Å². The molecule has 3 aromatic rings. The number of carbonyl (C=O) groups is 1. The average Bonchev–Trinajstić information content (AvgIpc) is 3.29. The monoisotopic (exact) mass is 472 g/mol. The first-order valence-corrected chi connectivity index (χ1v) is 12.4. The molecule has 2 aromatic heterocycles. The molecule has 1 aromatic carbocycles. The van der Waals surface area contributed by atoms with Crippen molar-refractivity contribution in [1.29, 1.82) is 0 Å². The molecule has 1 aliphatic rings. The number of benzene rings is 1. The fourth-order valence-electron chi connectivity index (χ4n) is 3.36. The number of aromatic nitrogens is 2. The number of carbonyl (C=O) groups excluding carboxylic acids is 1. The Kier molecular flexibility index (Phi) is 6.56. The molecule has 2 N–H and O–H groups in total. The highest BCUT2D eigenvalue weighted by molar-refractivity contribution is 7.94. The summed E-state index contributed by atoms with van der Waals surface area (Å²) in [6, 6.07) is 13.5. The molecule has 9 nitrogen and oxygen atoms in total. The van der Waals surface area contributed by atoms with E-state index in [1.54, 1.807) is 6.07 Å². The second kappa shape index (κ2) is 9.53. The highest BCUT2D eigenvalue weighted by Gasteiger charge is 2.21. The lowest BCUT2D eigenvalue weighted by molar-refractivity contribution is -0.119. The van der Waals surface area contributed by atoms with E-state index in [-0.39, 0.29) is 10.1 Å². The molecule has 0 saturated carbocycles. The molecule has 0 atom stereocenters. The van der Waals surface area contributed by atoms with E-state index in [4.69, 9.17) is 0 Å². The molecule has 0 spiro atoms. The number of rotatable bonds is 7. The first-order valence-electron chi connectivity index (χ1n) is 10.1. The Morgan fingerprint density at radius 1 is 1.00 bits per heavy atom. The van der Waals surface area contributed by atoms with E-state index >= 15 is 0 Å². The van der Waals surface area contributed by atoms with Gasteiger partial charge in [-0.25, -0.2) is 18.4 Å². The summed E-state index contributed by atoms with van der Waals surface area (Å²) in [5.74, 6) is 0.411. The summed E-state index contributed by atoms with van der Waals surface area (Å²) in [7, 11) is -3.75. The minimum atomic E-state index is -3.75. The molecule has 3 heterocycles. The van der Waals surface area contributed by atoms with Gasteiger partial charge in [0.25, 0.3) is 10.0 Å². The molecular formula is C21H24N6O3S2. The number of amides is 1. The smallest absolute Gasteiger partial charge is 0.271 e. The van der Waals surface area contributed by atoms with Crippen molar-refractivity contribution in [2.75, 3.05) is 40.7 Å². The first-order chi connectivity index (χ1) is 15.4. The van der Waals surface area contributed by atoms with Crippen LogP contribution in [0.2, 0.25) is 0 Å². The Morgan fingerprint density at radius 3 is 2.31 bits per heavy atom. The van der Waals surface area contributed by atoms with Gasteiger partial charge in [0, 0.05) is 43.7 Å². The van der Waals surface area contributed by atoms with E-state index in [0.717, 1.165) is 42.4 Å². The standard InChI is InChI=1S/C21H24N6O3S2/c1-16(28)22-15-19-7-8-20(31-19)32(29,30)25-17-13-23-21(24-14-17)27-11-9-26(10-12-27)18-5-3-2-4-6-18/h2-8,13-14,25H,9-12,15H2,1H3,(H,22,28). The van der Waals surface area contributed by atoms with E-state index in [0.29, 0.717) is 18.2 Å². The lowest BCUT2D eigenvalue weighted by Crippen LogP contribution is -2.47. The average molecular weight is 473 g/mol.